The molecule has 2 aromatic heterocycles. The van der Waals surface area contributed by atoms with Crippen molar-refractivity contribution >= 4 is 22.5 Å². The SMILES string of the molecule is Cc1ccc(C)c2[nH]c(=O)c([C@@H](c3nnnn3C(C)(C)C)N(Cc3ccccc3)Cc3ccccc3Cl)cc12. The van der Waals surface area contributed by atoms with Gasteiger partial charge >= 0.3 is 0 Å². The van der Waals surface area contributed by atoms with Crippen LogP contribution in [-0.2, 0) is 18.6 Å². The second-order valence-corrected chi connectivity index (χ2v) is 11.5. The summed E-state index contributed by atoms with van der Waals surface area (Å²) in [6.45, 7) is 11.3. The summed E-state index contributed by atoms with van der Waals surface area (Å²) in [5.41, 5.74) is 5.03. The van der Waals surface area contributed by atoms with Gasteiger partial charge in [0.05, 0.1) is 11.1 Å². The van der Waals surface area contributed by atoms with Crippen molar-refractivity contribution in [1.82, 2.24) is 30.1 Å². The first-order valence-corrected chi connectivity index (χ1v) is 13.4. The van der Waals surface area contributed by atoms with Gasteiger partial charge < -0.3 is 4.98 Å². The highest BCUT2D eigenvalue weighted by Gasteiger charge is 2.34. The van der Waals surface area contributed by atoms with E-state index in [-0.39, 0.29) is 5.56 Å². The van der Waals surface area contributed by atoms with Crippen molar-refractivity contribution in [3.05, 3.63) is 122 Å². The van der Waals surface area contributed by atoms with Crippen LogP contribution in [0.4, 0.5) is 0 Å². The van der Waals surface area contributed by atoms with Crippen molar-refractivity contribution in [2.45, 2.75) is 59.3 Å². The second kappa shape index (κ2) is 10.8. The van der Waals surface area contributed by atoms with Gasteiger partial charge in [0.2, 0.25) is 0 Å². The van der Waals surface area contributed by atoms with Crippen LogP contribution in [0, 0.1) is 13.8 Å². The first-order chi connectivity index (χ1) is 18.6. The Kier molecular flexibility index (Phi) is 7.38. The van der Waals surface area contributed by atoms with Gasteiger partial charge in [0, 0.05) is 29.1 Å². The van der Waals surface area contributed by atoms with Gasteiger partial charge in [-0.05, 0) is 79.4 Å². The summed E-state index contributed by atoms with van der Waals surface area (Å²) >= 11 is 6.66. The van der Waals surface area contributed by atoms with Gasteiger partial charge in [0.25, 0.3) is 5.56 Å². The molecule has 0 amide bonds. The minimum Gasteiger partial charge on any atom is -0.321 e. The summed E-state index contributed by atoms with van der Waals surface area (Å²) in [5.74, 6) is 0.598. The molecule has 200 valence electrons. The van der Waals surface area contributed by atoms with Crippen molar-refractivity contribution in [2.24, 2.45) is 0 Å². The molecule has 0 aliphatic rings. The molecule has 0 saturated heterocycles. The van der Waals surface area contributed by atoms with Crippen LogP contribution in [-0.4, -0.2) is 30.1 Å². The Bertz CT molecular complexity index is 1670. The van der Waals surface area contributed by atoms with Crippen LogP contribution in [0.25, 0.3) is 10.9 Å². The van der Waals surface area contributed by atoms with E-state index in [0.29, 0.717) is 29.5 Å². The van der Waals surface area contributed by atoms with Gasteiger partial charge in [-0.2, -0.15) is 0 Å². The number of nitrogens with one attached hydrogen (secondary N) is 1. The van der Waals surface area contributed by atoms with Crippen LogP contribution >= 0.6 is 11.6 Å². The monoisotopic (exact) mass is 540 g/mol. The minimum atomic E-state index is -0.552. The van der Waals surface area contributed by atoms with Crippen LogP contribution in [0.1, 0.15) is 60.5 Å². The molecule has 8 heteroatoms. The van der Waals surface area contributed by atoms with E-state index in [1.165, 1.54) is 0 Å². The molecule has 5 aromatic rings. The lowest BCUT2D eigenvalue weighted by Gasteiger charge is -2.33. The molecule has 0 bridgehead atoms. The Morgan fingerprint density at radius 3 is 2.36 bits per heavy atom. The summed E-state index contributed by atoms with van der Waals surface area (Å²) in [6.07, 6.45) is 0. The Morgan fingerprint density at radius 1 is 0.949 bits per heavy atom. The molecule has 7 nitrogen and oxygen atoms in total. The van der Waals surface area contributed by atoms with Crippen molar-refractivity contribution < 1.29 is 0 Å². The highest BCUT2D eigenvalue weighted by molar-refractivity contribution is 6.31. The number of benzene rings is 3. The minimum absolute atomic E-state index is 0.165. The van der Waals surface area contributed by atoms with Crippen LogP contribution in [0.5, 0.6) is 0 Å². The molecule has 0 fully saturated rings. The van der Waals surface area contributed by atoms with E-state index < -0.39 is 11.6 Å². The van der Waals surface area contributed by atoms with E-state index in [2.05, 4.69) is 71.3 Å². The highest BCUT2D eigenvalue weighted by atomic mass is 35.5. The molecule has 0 radical (unpaired) electrons. The van der Waals surface area contributed by atoms with Gasteiger partial charge in [-0.25, -0.2) is 4.68 Å². The smallest absolute Gasteiger partial charge is 0.253 e. The van der Waals surface area contributed by atoms with Crippen molar-refractivity contribution in [2.75, 3.05) is 0 Å². The number of hydrogen-bond donors (Lipinski definition) is 1. The third kappa shape index (κ3) is 5.51. The number of tetrazole rings is 1. The Hall–Kier alpha value is -3.81. The molecule has 1 N–H and O–H groups in total. The molecule has 0 aliphatic carbocycles. The van der Waals surface area contributed by atoms with E-state index in [9.17, 15) is 4.79 Å². The zero-order valence-corrected chi connectivity index (χ0v) is 23.7. The van der Waals surface area contributed by atoms with E-state index >= 15 is 0 Å². The largest absolute Gasteiger partial charge is 0.321 e. The maximum absolute atomic E-state index is 13.9. The summed E-state index contributed by atoms with van der Waals surface area (Å²) in [7, 11) is 0. The summed E-state index contributed by atoms with van der Waals surface area (Å²) < 4.78 is 1.81. The van der Waals surface area contributed by atoms with Crippen molar-refractivity contribution in [3.63, 3.8) is 0 Å². The average Bonchev–Trinajstić information content (AvgIpc) is 3.39. The number of aromatic amines is 1. The molecular weight excluding hydrogens is 508 g/mol. The van der Waals surface area contributed by atoms with E-state index in [4.69, 9.17) is 11.6 Å². The Morgan fingerprint density at radius 2 is 1.64 bits per heavy atom. The zero-order chi connectivity index (χ0) is 27.7. The lowest BCUT2D eigenvalue weighted by molar-refractivity contribution is 0.184. The lowest BCUT2D eigenvalue weighted by atomic mass is 9.98. The van der Waals surface area contributed by atoms with Crippen molar-refractivity contribution in [3.8, 4) is 0 Å². The Balaban J connectivity index is 1.77. The number of nitrogens with zero attached hydrogens (tertiary/aromatic N) is 5. The summed E-state index contributed by atoms with van der Waals surface area (Å²) in [4.78, 5) is 19.3. The fourth-order valence-electron chi connectivity index (χ4n) is 5.04. The molecule has 0 unspecified atom stereocenters. The molecule has 0 spiro atoms. The normalized spacial score (nSPS) is 12.8. The Labute approximate surface area is 233 Å². The maximum atomic E-state index is 13.9. The van der Waals surface area contributed by atoms with Gasteiger partial charge in [0.15, 0.2) is 5.82 Å². The fraction of sp³-hybridized carbons (Fsp3) is 0.290. The van der Waals surface area contributed by atoms with Gasteiger partial charge in [-0.15, -0.1) is 5.10 Å². The van der Waals surface area contributed by atoms with Crippen LogP contribution in [0.2, 0.25) is 5.02 Å². The molecule has 39 heavy (non-hydrogen) atoms. The number of fused-ring (bicyclic) bond motifs is 1. The number of H-pyrrole nitrogens is 1. The fourth-order valence-corrected chi connectivity index (χ4v) is 5.23. The maximum Gasteiger partial charge on any atom is 0.253 e. The first-order valence-electron chi connectivity index (χ1n) is 13.1. The van der Waals surface area contributed by atoms with Gasteiger partial charge in [-0.1, -0.05) is 72.3 Å². The summed E-state index contributed by atoms with van der Waals surface area (Å²) in [5, 5.41) is 14.6. The van der Waals surface area contributed by atoms with Gasteiger partial charge in [0.1, 0.15) is 6.04 Å². The van der Waals surface area contributed by atoms with Crippen LogP contribution in [0.3, 0.4) is 0 Å². The second-order valence-electron chi connectivity index (χ2n) is 11.0. The predicted molar refractivity (Wildman–Crippen MR) is 156 cm³/mol. The molecule has 5 rings (SSSR count). The van der Waals surface area contributed by atoms with E-state index in [1.54, 1.807) is 0 Å². The van der Waals surface area contributed by atoms with Crippen LogP contribution in [0.15, 0.2) is 77.6 Å². The number of aromatic nitrogens is 5. The average molecular weight is 541 g/mol. The number of halogens is 1. The standard InChI is InChI=1S/C31H33ClN6O/c1-20-15-16-21(2)27-24(20)17-25(30(39)33-27)28(29-34-35-36-38(29)31(3,4)5)37(18-22-11-7-6-8-12-22)19-23-13-9-10-14-26(23)32/h6-17,28H,18-19H2,1-5H3,(H,33,39)/t28-/m0/s1. The lowest BCUT2D eigenvalue weighted by Crippen LogP contribution is -2.37. The number of pyridine rings is 1. The van der Waals surface area contributed by atoms with E-state index in [0.717, 1.165) is 33.2 Å². The molecule has 0 aliphatic heterocycles. The molecule has 3 aromatic carbocycles. The third-order valence-electron chi connectivity index (χ3n) is 7.07. The van der Waals surface area contributed by atoms with Gasteiger partial charge in [-0.3, -0.25) is 9.69 Å². The zero-order valence-electron chi connectivity index (χ0n) is 22.9. The topological polar surface area (TPSA) is 79.7 Å². The van der Waals surface area contributed by atoms with Crippen molar-refractivity contribution in [1.29, 1.82) is 0 Å². The quantitative estimate of drug-likeness (QED) is 0.261. The van der Waals surface area contributed by atoms with Crippen LogP contribution < -0.4 is 5.56 Å². The molecule has 1 atom stereocenters. The molecule has 0 saturated carbocycles. The summed E-state index contributed by atoms with van der Waals surface area (Å²) in [6, 6.07) is 23.6. The molecular formula is C31H33ClN6O. The number of aryl methyl sites for hydroxylation is 2. The molecule has 2 heterocycles. The van der Waals surface area contributed by atoms with E-state index in [1.807, 2.05) is 66.2 Å². The number of hydrogen-bond acceptors (Lipinski definition) is 5. The number of rotatable bonds is 7. The predicted octanol–water partition coefficient (Wildman–Crippen LogP) is 6.33. The first kappa shape index (κ1) is 26.8. The third-order valence-corrected chi connectivity index (χ3v) is 7.43. The highest BCUT2D eigenvalue weighted by Crippen LogP contribution is 2.33.